The molecule has 2 rings (SSSR count). The average Bonchev–Trinajstić information content (AvgIpc) is 2.52. The molecule has 2 nitrogen and oxygen atoms in total. The molecule has 110 valence electrons. The molecule has 3 heteroatoms. The van der Waals surface area contributed by atoms with Gasteiger partial charge in [0, 0.05) is 5.56 Å². The minimum atomic E-state index is 0.451. The summed E-state index contributed by atoms with van der Waals surface area (Å²) in [6, 6.07) is 17.7. The molecule has 0 aliphatic carbocycles. The summed E-state index contributed by atoms with van der Waals surface area (Å²) >= 11 is 0. The third kappa shape index (κ3) is 4.44. The monoisotopic (exact) mass is 298 g/mol. The van der Waals surface area contributed by atoms with E-state index < -0.39 is 0 Å². The summed E-state index contributed by atoms with van der Waals surface area (Å²) in [4.78, 5) is 0. The fourth-order valence-electron chi connectivity index (χ4n) is 2.28. The summed E-state index contributed by atoms with van der Waals surface area (Å²) in [6.45, 7) is 4.97. The second-order valence-corrected chi connectivity index (χ2v) is 6.22. The van der Waals surface area contributed by atoms with Crippen molar-refractivity contribution in [2.24, 2.45) is 0 Å². The molecular weight excluding hydrogens is 276 g/mol. The molecule has 0 spiro atoms. The molecule has 0 heterocycles. The van der Waals surface area contributed by atoms with Crippen LogP contribution in [0.5, 0.6) is 5.75 Å². The zero-order chi connectivity index (χ0) is 15.1. The van der Waals surface area contributed by atoms with Crippen molar-refractivity contribution in [3.8, 4) is 5.75 Å². The highest BCUT2D eigenvalue weighted by atomic mass is 28.2. The number of methoxy groups -OCH3 is 1. The number of hydrogen-bond acceptors (Lipinski definition) is 2. The van der Waals surface area contributed by atoms with E-state index in [1.807, 2.05) is 6.07 Å². The van der Waals surface area contributed by atoms with Gasteiger partial charge in [-0.25, -0.2) is 0 Å². The van der Waals surface area contributed by atoms with E-state index in [4.69, 9.17) is 9.16 Å². The summed E-state index contributed by atoms with van der Waals surface area (Å²) in [7, 11) is 2.20. The van der Waals surface area contributed by atoms with Crippen LogP contribution in [0.2, 0.25) is 0 Å². The van der Waals surface area contributed by atoms with Crippen molar-refractivity contribution in [1.82, 2.24) is 0 Å². The Morgan fingerprint density at radius 3 is 2.43 bits per heavy atom. The molecule has 2 aromatic rings. The molecule has 0 aromatic heterocycles. The Labute approximate surface area is 130 Å². The largest absolute Gasteiger partial charge is 0.496 e. The second-order valence-electron chi connectivity index (χ2n) is 5.29. The van der Waals surface area contributed by atoms with Crippen LogP contribution in [0.4, 0.5) is 0 Å². The van der Waals surface area contributed by atoms with Crippen LogP contribution in [0.15, 0.2) is 48.5 Å². The Kier molecular flexibility index (Phi) is 6.02. The lowest BCUT2D eigenvalue weighted by atomic mass is 9.99. The normalized spacial score (nSPS) is 10.9. The van der Waals surface area contributed by atoms with Gasteiger partial charge in [0.2, 0.25) is 9.76 Å². The fourth-order valence-corrected chi connectivity index (χ4v) is 3.04. The lowest BCUT2D eigenvalue weighted by molar-refractivity contribution is 0.310. The highest BCUT2D eigenvalue weighted by Crippen LogP contribution is 2.30. The minimum Gasteiger partial charge on any atom is -0.496 e. The van der Waals surface area contributed by atoms with Gasteiger partial charge in [-0.15, -0.1) is 0 Å². The van der Waals surface area contributed by atoms with Crippen LogP contribution >= 0.6 is 0 Å². The van der Waals surface area contributed by atoms with E-state index in [-0.39, 0.29) is 0 Å². The highest BCUT2D eigenvalue weighted by molar-refractivity contribution is 6.26. The molecule has 21 heavy (non-hydrogen) atoms. The van der Waals surface area contributed by atoms with Gasteiger partial charge >= 0.3 is 0 Å². The van der Waals surface area contributed by atoms with Crippen LogP contribution in [-0.4, -0.2) is 16.9 Å². The van der Waals surface area contributed by atoms with Gasteiger partial charge in [-0.1, -0.05) is 62.4 Å². The zero-order valence-electron chi connectivity index (χ0n) is 12.9. The molecule has 0 N–H and O–H groups in total. The van der Waals surface area contributed by atoms with Gasteiger partial charge in [0.25, 0.3) is 0 Å². The Morgan fingerprint density at radius 2 is 1.76 bits per heavy atom. The van der Waals surface area contributed by atoms with Crippen LogP contribution < -0.4 is 4.74 Å². The van der Waals surface area contributed by atoms with Gasteiger partial charge in [-0.2, -0.15) is 0 Å². The van der Waals surface area contributed by atoms with Gasteiger partial charge < -0.3 is 9.16 Å². The van der Waals surface area contributed by atoms with E-state index in [1.165, 1.54) is 11.1 Å². The van der Waals surface area contributed by atoms with Crippen LogP contribution in [0.1, 0.15) is 36.5 Å². The third-order valence-corrected chi connectivity index (χ3v) is 4.30. The molecule has 0 saturated heterocycles. The Morgan fingerprint density at radius 1 is 1.00 bits per heavy atom. The summed E-state index contributed by atoms with van der Waals surface area (Å²) in [6.07, 6.45) is 0. The molecule has 2 radical (unpaired) electrons. The van der Waals surface area contributed by atoms with E-state index in [9.17, 15) is 0 Å². The van der Waals surface area contributed by atoms with Crippen molar-refractivity contribution in [3.63, 3.8) is 0 Å². The third-order valence-electron chi connectivity index (χ3n) is 3.40. The van der Waals surface area contributed by atoms with Crippen LogP contribution in [0.3, 0.4) is 0 Å². The van der Waals surface area contributed by atoms with E-state index >= 15 is 0 Å². The maximum Gasteiger partial charge on any atom is 0.234 e. The maximum absolute atomic E-state index is 5.85. The molecule has 0 fully saturated rings. The Hall–Kier alpha value is -1.58. The van der Waals surface area contributed by atoms with Crippen molar-refractivity contribution in [3.05, 3.63) is 65.2 Å². The molecule has 0 aliphatic rings. The van der Waals surface area contributed by atoms with Gasteiger partial charge in [0.05, 0.1) is 13.7 Å². The second kappa shape index (κ2) is 8.01. The number of benzene rings is 2. The van der Waals surface area contributed by atoms with Gasteiger partial charge in [0.15, 0.2) is 0 Å². The maximum atomic E-state index is 5.85. The molecule has 0 atom stereocenters. The molecule has 0 amide bonds. The lowest BCUT2D eigenvalue weighted by Gasteiger charge is -2.16. The van der Waals surface area contributed by atoms with Crippen LogP contribution in [0.25, 0.3) is 0 Å². The minimum absolute atomic E-state index is 0.451. The molecule has 2 aromatic carbocycles. The predicted octanol–water partition coefficient (Wildman–Crippen LogP) is 4.15. The van der Waals surface area contributed by atoms with Gasteiger partial charge in [0.1, 0.15) is 5.75 Å². The Bertz CT molecular complexity index is 552. The lowest BCUT2D eigenvalue weighted by Crippen LogP contribution is -2.06. The number of rotatable bonds is 7. The number of hydrogen-bond donors (Lipinski definition) is 0. The average molecular weight is 298 g/mol. The van der Waals surface area contributed by atoms with Crippen molar-refractivity contribution in [1.29, 1.82) is 0 Å². The quantitative estimate of drug-likeness (QED) is 0.564. The molecule has 0 aliphatic heterocycles. The summed E-state index contributed by atoms with van der Waals surface area (Å²) in [5.41, 5.74) is 3.69. The van der Waals surface area contributed by atoms with E-state index in [0.717, 1.165) is 17.4 Å². The van der Waals surface area contributed by atoms with E-state index in [1.54, 1.807) is 7.11 Å². The van der Waals surface area contributed by atoms with E-state index in [0.29, 0.717) is 22.3 Å². The van der Waals surface area contributed by atoms with Crippen molar-refractivity contribution < 1.29 is 9.16 Å². The van der Waals surface area contributed by atoms with Gasteiger partial charge in [-0.05, 0) is 23.1 Å². The summed E-state index contributed by atoms with van der Waals surface area (Å²) in [5, 5.41) is 0. The standard InChI is InChI=1S/C18H22O2Si/c1-14(2)17-11-7-10-16(18(17)19-3)12-20-21-13-15-8-5-4-6-9-15/h4-11,14H,12-13H2,1-3H3. The Balaban J connectivity index is 1.92. The van der Waals surface area contributed by atoms with Crippen molar-refractivity contribution in [2.75, 3.05) is 7.11 Å². The van der Waals surface area contributed by atoms with E-state index in [2.05, 4.69) is 56.3 Å². The SMILES string of the molecule is COc1c(CO[Si]Cc2ccccc2)cccc1C(C)C. The van der Waals surface area contributed by atoms with Gasteiger partial charge in [-0.3, -0.25) is 0 Å². The molecule has 0 bridgehead atoms. The first-order chi connectivity index (χ1) is 10.2. The smallest absolute Gasteiger partial charge is 0.234 e. The highest BCUT2D eigenvalue weighted by Gasteiger charge is 2.11. The number of para-hydroxylation sites is 1. The molecular formula is C18H22O2Si. The van der Waals surface area contributed by atoms with Crippen LogP contribution in [0, 0.1) is 0 Å². The topological polar surface area (TPSA) is 18.5 Å². The zero-order valence-corrected chi connectivity index (χ0v) is 13.9. The predicted molar refractivity (Wildman–Crippen MR) is 87.8 cm³/mol. The first-order valence-electron chi connectivity index (χ1n) is 7.26. The van der Waals surface area contributed by atoms with Crippen molar-refractivity contribution >= 4 is 9.76 Å². The molecule has 0 saturated carbocycles. The van der Waals surface area contributed by atoms with Crippen molar-refractivity contribution in [2.45, 2.75) is 32.4 Å². The summed E-state index contributed by atoms with van der Waals surface area (Å²) < 4.78 is 11.4. The number of ether oxygens (including phenoxy) is 1. The van der Waals surface area contributed by atoms with Crippen LogP contribution in [-0.2, 0) is 17.1 Å². The first-order valence-corrected chi connectivity index (χ1v) is 8.38. The summed E-state index contributed by atoms with van der Waals surface area (Å²) in [5.74, 6) is 1.42. The fraction of sp³-hybridized carbons (Fsp3) is 0.333. The molecule has 0 unspecified atom stereocenters. The first kappa shape index (κ1) is 15.8.